The molecule has 0 aliphatic heterocycles. The summed E-state index contributed by atoms with van der Waals surface area (Å²) in [6, 6.07) is 9.48. The van der Waals surface area contributed by atoms with Gasteiger partial charge in [-0.25, -0.2) is 9.59 Å². The maximum Gasteiger partial charge on any atom is 0.414 e. The van der Waals surface area contributed by atoms with Gasteiger partial charge in [-0.3, -0.25) is 0 Å². The number of rotatable bonds is 9. The van der Waals surface area contributed by atoms with Crippen LogP contribution >= 0.6 is 11.8 Å². The van der Waals surface area contributed by atoms with Gasteiger partial charge >= 0.3 is 11.9 Å². The molecule has 1 aromatic rings. The highest BCUT2D eigenvalue weighted by Crippen LogP contribution is 2.12. The number of likely N-dealkylation sites (N-methyl/N-ethyl adjacent to an activating group) is 1. The van der Waals surface area contributed by atoms with Gasteiger partial charge in [0, 0.05) is 13.1 Å². The summed E-state index contributed by atoms with van der Waals surface area (Å²) < 4.78 is 12.4. The molecule has 1 aromatic carbocycles. The van der Waals surface area contributed by atoms with E-state index in [0.29, 0.717) is 17.5 Å². The number of benzene rings is 1. The second-order valence-electron chi connectivity index (χ2n) is 5.69. The third-order valence-electron chi connectivity index (χ3n) is 3.91. The van der Waals surface area contributed by atoms with E-state index in [9.17, 15) is 4.55 Å². The van der Waals surface area contributed by atoms with Gasteiger partial charge in [0.1, 0.15) is 5.75 Å². The molecular weight excluding hydrogens is 428 g/mol. The van der Waals surface area contributed by atoms with Crippen LogP contribution in [0.4, 0.5) is 0 Å². The molecule has 0 aliphatic rings. The molecule has 0 heterocycles. The largest absolute Gasteiger partial charge is 0.611 e. The lowest BCUT2D eigenvalue weighted by molar-refractivity contribution is -0.159. The van der Waals surface area contributed by atoms with Crippen LogP contribution < -0.4 is 0 Å². The standard InChI is InChI=1S/C17H26N4OS2.C2H2O4/c1-4-20(5-2)11-12-21(17(23-3)19-15-18)13-14-24(22)16-9-7-6-8-10-16;3-1(4)2(5)6/h6-10H,4-5,11-14H2,1-3H3;(H,3,4)(H,5,6)/b19-17-;. The molecule has 0 saturated heterocycles. The zero-order valence-electron chi connectivity index (χ0n) is 17.4. The molecule has 0 radical (unpaired) electrons. The number of carboxylic acids is 2. The summed E-state index contributed by atoms with van der Waals surface area (Å²) in [5.74, 6) is -3.13. The maximum absolute atomic E-state index is 12.4. The minimum absolute atomic E-state index is 0.521. The Morgan fingerprint density at radius 2 is 1.70 bits per heavy atom. The number of nitriles is 1. The van der Waals surface area contributed by atoms with Crippen LogP contribution in [0, 0.1) is 11.5 Å². The Bertz CT molecular complexity index is 697. The molecule has 0 aromatic heterocycles. The molecule has 9 nitrogen and oxygen atoms in total. The average Bonchev–Trinajstić information content (AvgIpc) is 2.75. The van der Waals surface area contributed by atoms with Gasteiger partial charge in [0.15, 0.2) is 10.1 Å². The minimum atomic E-state index is -1.82. The lowest BCUT2D eigenvalue weighted by Crippen LogP contribution is -2.40. The molecule has 1 unspecified atom stereocenters. The summed E-state index contributed by atoms with van der Waals surface area (Å²) in [5.41, 5.74) is 0. The third-order valence-corrected chi connectivity index (χ3v) is 5.98. The first kappa shape index (κ1) is 27.7. The predicted octanol–water partition coefficient (Wildman–Crippen LogP) is 1.79. The first-order valence-corrected chi connectivity index (χ1v) is 11.7. The number of thioether (sulfide) groups is 1. The first-order valence-electron chi connectivity index (χ1n) is 9.18. The van der Waals surface area contributed by atoms with Gasteiger partial charge in [-0.15, -0.1) is 4.99 Å². The van der Waals surface area contributed by atoms with Gasteiger partial charge in [-0.05, 0) is 42.7 Å². The number of aliphatic imine (C=N–C) groups is 1. The fourth-order valence-corrected chi connectivity index (χ4v) is 3.93. The fraction of sp³-hybridized carbons (Fsp3) is 0.474. The molecule has 11 heteroatoms. The maximum atomic E-state index is 12.4. The molecule has 2 N–H and O–H groups in total. The smallest absolute Gasteiger partial charge is 0.414 e. The number of amidine groups is 1. The van der Waals surface area contributed by atoms with Crippen molar-refractivity contribution < 1.29 is 24.4 Å². The molecule has 0 bridgehead atoms. The lowest BCUT2D eigenvalue weighted by Gasteiger charge is -2.27. The van der Waals surface area contributed by atoms with Crippen LogP contribution in [0.1, 0.15) is 13.8 Å². The van der Waals surface area contributed by atoms with Crippen LogP contribution in [0.3, 0.4) is 0 Å². The first-order chi connectivity index (χ1) is 14.3. The van der Waals surface area contributed by atoms with Crippen LogP contribution in [0.2, 0.25) is 0 Å². The summed E-state index contributed by atoms with van der Waals surface area (Å²) >= 11 is 0.406. The van der Waals surface area contributed by atoms with Gasteiger partial charge in [-0.1, -0.05) is 43.8 Å². The highest BCUT2D eigenvalue weighted by Gasteiger charge is 2.17. The molecule has 30 heavy (non-hydrogen) atoms. The molecule has 1 rings (SSSR count). The van der Waals surface area contributed by atoms with Crippen molar-refractivity contribution >= 4 is 40.0 Å². The van der Waals surface area contributed by atoms with Crippen molar-refractivity contribution in [3.05, 3.63) is 30.3 Å². The average molecular weight is 457 g/mol. The SMILES string of the molecule is CCN(CC)CCN(CC[S+]([O-])c1ccccc1)/C(=N/C#N)SC.O=C(O)C(=O)O. The van der Waals surface area contributed by atoms with Crippen LogP contribution in [-0.2, 0) is 20.8 Å². The molecule has 0 saturated carbocycles. The van der Waals surface area contributed by atoms with E-state index >= 15 is 0 Å². The number of carboxylic acid groups (broad SMARTS) is 2. The number of aliphatic carboxylic acids is 2. The van der Waals surface area contributed by atoms with E-state index in [4.69, 9.17) is 25.1 Å². The molecule has 0 amide bonds. The Labute approximate surface area is 184 Å². The molecule has 0 aliphatic carbocycles. The van der Waals surface area contributed by atoms with Crippen molar-refractivity contribution in [1.82, 2.24) is 9.80 Å². The van der Waals surface area contributed by atoms with Crippen molar-refractivity contribution in [2.75, 3.05) is 44.7 Å². The fourth-order valence-electron chi connectivity index (χ4n) is 2.28. The summed E-state index contributed by atoms with van der Waals surface area (Å²) in [6.45, 7) is 8.54. The van der Waals surface area contributed by atoms with Gasteiger partial charge in [0.05, 0.1) is 6.54 Å². The van der Waals surface area contributed by atoms with Crippen molar-refractivity contribution in [1.29, 1.82) is 5.26 Å². The van der Waals surface area contributed by atoms with Crippen LogP contribution in [0.25, 0.3) is 0 Å². The Morgan fingerprint density at radius 3 is 2.13 bits per heavy atom. The summed E-state index contributed by atoms with van der Waals surface area (Å²) in [4.78, 5) is 27.3. The Morgan fingerprint density at radius 1 is 1.13 bits per heavy atom. The number of carbonyl (C=O) groups is 2. The summed E-state index contributed by atoms with van der Waals surface area (Å²) in [7, 11) is 0. The van der Waals surface area contributed by atoms with Crippen molar-refractivity contribution in [3.8, 4) is 6.19 Å². The number of hydrogen-bond acceptors (Lipinski definition) is 7. The highest BCUT2D eigenvalue weighted by atomic mass is 32.2. The van der Waals surface area contributed by atoms with E-state index in [1.165, 1.54) is 11.8 Å². The molecule has 0 fully saturated rings. The van der Waals surface area contributed by atoms with Crippen molar-refractivity contribution in [2.24, 2.45) is 4.99 Å². The quantitative estimate of drug-likeness (QED) is 0.187. The van der Waals surface area contributed by atoms with E-state index < -0.39 is 23.1 Å². The van der Waals surface area contributed by atoms with Crippen LogP contribution in [-0.4, -0.2) is 86.4 Å². The van der Waals surface area contributed by atoms with Gasteiger partial charge in [-0.2, -0.15) is 5.26 Å². The topological polar surface area (TPSA) is 140 Å². The second kappa shape index (κ2) is 16.5. The Balaban J connectivity index is 0.00000122. The highest BCUT2D eigenvalue weighted by molar-refractivity contribution is 8.13. The summed E-state index contributed by atoms with van der Waals surface area (Å²) in [5, 5.41) is 24.4. The van der Waals surface area contributed by atoms with E-state index in [1.54, 1.807) is 0 Å². The van der Waals surface area contributed by atoms with E-state index in [-0.39, 0.29) is 0 Å². The minimum Gasteiger partial charge on any atom is -0.611 e. The van der Waals surface area contributed by atoms with Crippen LogP contribution in [0.15, 0.2) is 40.2 Å². The molecule has 166 valence electrons. The number of nitrogens with zero attached hydrogens (tertiary/aromatic N) is 4. The normalized spacial score (nSPS) is 11.8. The zero-order chi connectivity index (χ0) is 22.9. The van der Waals surface area contributed by atoms with E-state index in [2.05, 4.69) is 28.6 Å². The van der Waals surface area contributed by atoms with Crippen LogP contribution in [0.5, 0.6) is 0 Å². The monoisotopic (exact) mass is 456 g/mol. The molecule has 0 spiro atoms. The van der Waals surface area contributed by atoms with E-state index in [0.717, 1.165) is 31.1 Å². The third kappa shape index (κ3) is 11.7. The lowest BCUT2D eigenvalue weighted by atomic mass is 10.4. The Kier molecular flexibility index (Phi) is 15.3. The van der Waals surface area contributed by atoms with Gasteiger partial charge in [0.2, 0.25) is 6.19 Å². The molecular formula is C19H28N4O5S2. The second-order valence-corrected chi connectivity index (χ2v) is 8.03. The van der Waals surface area contributed by atoms with Gasteiger partial charge < -0.3 is 24.6 Å². The zero-order valence-corrected chi connectivity index (χ0v) is 19.0. The molecule has 1 atom stereocenters. The van der Waals surface area contributed by atoms with E-state index in [1.807, 2.05) is 42.8 Å². The Hall–Kier alpha value is -2.26. The summed E-state index contributed by atoms with van der Waals surface area (Å²) in [6.07, 6.45) is 3.78. The van der Waals surface area contributed by atoms with Crippen molar-refractivity contribution in [3.63, 3.8) is 0 Å². The van der Waals surface area contributed by atoms with Crippen molar-refractivity contribution in [2.45, 2.75) is 18.7 Å². The predicted molar refractivity (Wildman–Crippen MR) is 119 cm³/mol. The number of hydrogen-bond donors (Lipinski definition) is 2. The van der Waals surface area contributed by atoms with Gasteiger partial charge in [0.25, 0.3) is 0 Å².